The smallest absolute Gasteiger partial charge is 0.338 e. The van der Waals surface area contributed by atoms with E-state index in [1.807, 2.05) is 0 Å². The normalized spacial score (nSPS) is 12.4. The predicted molar refractivity (Wildman–Crippen MR) is 95.8 cm³/mol. The van der Waals surface area contributed by atoms with Crippen molar-refractivity contribution in [1.29, 1.82) is 0 Å². The zero-order valence-corrected chi connectivity index (χ0v) is 14.0. The minimum absolute atomic E-state index is 0.255. The molecule has 4 aromatic rings. The Kier molecular flexibility index (Phi) is 3.77. The molecule has 2 heterocycles. The molecular weight excluding hydrogens is 338 g/mol. The van der Waals surface area contributed by atoms with Crippen LogP contribution in [0.2, 0.25) is 0 Å². The standard InChI is InChI=1S/C18H13N3O3S/c1-10(16-20-13-5-3-2-4-12(13)17(22)21-16)24-18(23)11-6-7-14-15(8-11)25-9-19-14/h2-10H,1H3,(H,20,21,22)/t10-/m1/s1. The van der Waals surface area contributed by atoms with E-state index in [-0.39, 0.29) is 5.56 Å². The second kappa shape index (κ2) is 6.10. The molecule has 7 heteroatoms. The first-order valence-electron chi connectivity index (χ1n) is 7.65. The summed E-state index contributed by atoms with van der Waals surface area (Å²) in [5, 5.41) is 0.500. The summed E-state index contributed by atoms with van der Waals surface area (Å²) in [7, 11) is 0. The fourth-order valence-corrected chi connectivity index (χ4v) is 3.28. The van der Waals surface area contributed by atoms with Crippen molar-refractivity contribution in [1.82, 2.24) is 15.0 Å². The average molecular weight is 351 g/mol. The molecule has 25 heavy (non-hydrogen) atoms. The lowest BCUT2D eigenvalue weighted by atomic mass is 10.2. The highest BCUT2D eigenvalue weighted by molar-refractivity contribution is 7.16. The van der Waals surface area contributed by atoms with Crippen molar-refractivity contribution in [2.45, 2.75) is 13.0 Å². The Morgan fingerprint density at radius 1 is 1.20 bits per heavy atom. The maximum absolute atomic E-state index is 12.4. The van der Waals surface area contributed by atoms with Gasteiger partial charge < -0.3 is 9.72 Å². The van der Waals surface area contributed by atoms with Crippen LogP contribution in [-0.2, 0) is 4.74 Å². The Balaban J connectivity index is 1.61. The summed E-state index contributed by atoms with van der Waals surface area (Å²) in [6.45, 7) is 1.68. The van der Waals surface area contributed by atoms with Crippen molar-refractivity contribution >= 4 is 38.4 Å². The summed E-state index contributed by atoms with van der Waals surface area (Å²) < 4.78 is 6.38. The van der Waals surface area contributed by atoms with E-state index < -0.39 is 12.1 Å². The minimum atomic E-state index is -0.679. The number of aromatic nitrogens is 3. The van der Waals surface area contributed by atoms with Crippen LogP contribution in [-0.4, -0.2) is 20.9 Å². The highest BCUT2D eigenvalue weighted by Gasteiger charge is 2.17. The lowest BCUT2D eigenvalue weighted by Crippen LogP contribution is -2.17. The molecule has 0 bridgehead atoms. The topological polar surface area (TPSA) is 84.9 Å². The van der Waals surface area contributed by atoms with Crippen molar-refractivity contribution in [2.24, 2.45) is 0 Å². The van der Waals surface area contributed by atoms with Gasteiger partial charge in [0.2, 0.25) is 0 Å². The van der Waals surface area contributed by atoms with E-state index in [2.05, 4.69) is 15.0 Å². The third-order valence-corrected chi connectivity index (χ3v) is 4.66. The maximum Gasteiger partial charge on any atom is 0.338 e. The molecular formula is C18H13N3O3S. The number of hydrogen-bond acceptors (Lipinski definition) is 6. The molecule has 0 saturated heterocycles. The van der Waals surface area contributed by atoms with Crippen LogP contribution in [0.4, 0.5) is 0 Å². The Hall–Kier alpha value is -3.06. The van der Waals surface area contributed by atoms with Gasteiger partial charge in [0.1, 0.15) is 0 Å². The van der Waals surface area contributed by atoms with Gasteiger partial charge in [0.15, 0.2) is 11.9 Å². The number of aromatic amines is 1. The number of thiazole rings is 1. The number of benzene rings is 2. The summed E-state index contributed by atoms with van der Waals surface area (Å²) in [4.78, 5) is 35.8. The number of fused-ring (bicyclic) bond motifs is 2. The maximum atomic E-state index is 12.4. The van der Waals surface area contributed by atoms with Crippen molar-refractivity contribution in [3.05, 3.63) is 69.7 Å². The number of H-pyrrole nitrogens is 1. The number of para-hydroxylation sites is 1. The quantitative estimate of drug-likeness (QED) is 0.572. The van der Waals surface area contributed by atoms with E-state index in [1.165, 1.54) is 11.3 Å². The molecule has 0 spiro atoms. The lowest BCUT2D eigenvalue weighted by Gasteiger charge is -2.13. The molecule has 0 aliphatic carbocycles. The van der Waals surface area contributed by atoms with Gasteiger partial charge in [-0.2, -0.15) is 0 Å². The van der Waals surface area contributed by atoms with E-state index in [9.17, 15) is 9.59 Å². The van der Waals surface area contributed by atoms with Crippen molar-refractivity contribution in [3.63, 3.8) is 0 Å². The first-order chi connectivity index (χ1) is 12.1. The van der Waals surface area contributed by atoms with Gasteiger partial charge in [0.25, 0.3) is 5.56 Å². The van der Waals surface area contributed by atoms with Crippen LogP contribution in [0.5, 0.6) is 0 Å². The number of nitrogens with one attached hydrogen (secondary N) is 1. The number of esters is 1. The average Bonchev–Trinajstić information content (AvgIpc) is 3.09. The molecule has 6 nitrogen and oxygen atoms in total. The van der Waals surface area contributed by atoms with Gasteiger partial charge in [0, 0.05) is 0 Å². The molecule has 2 aromatic heterocycles. The molecule has 2 aromatic carbocycles. The number of ether oxygens (including phenoxy) is 1. The molecule has 0 fully saturated rings. The molecule has 0 aliphatic heterocycles. The Morgan fingerprint density at radius 3 is 2.92 bits per heavy atom. The third kappa shape index (κ3) is 2.89. The van der Waals surface area contributed by atoms with Gasteiger partial charge in [-0.3, -0.25) is 4.79 Å². The molecule has 124 valence electrons. The molecule has 4 rings (SSSR count). The summed E-state index contributed by atoms with van der Waals surface area (Å²) in [6, 6.07) is 12.2. The van der Waals surface area contributed by atoms with Crippen LogP contribution in [0.3, 0.4) is 0 Å². The second-order valence-electron chi connectivity index (χ2n) is 5.55. The van der Waals surface area contributed by atoms with Crippen LogP contribution in [0.1, 0.15) is 29.2 Å². The number of rotatable bonds is 3. The fourth-order valence-electron chi connectivity index (χ4n) is 2.56. The molecule has 0 aliphatic rings. The van der Waals surface area contributed by atoms with Crippen LogP contribution < -0.4 is 5.56 Å². The van der Waals surface area contributed by atoms with Gasteiger partial charge in [-0.25, -0.2) is 14.8 Å². The van der Waals surface area contributed by atoms with Crippen molar-refractivity contribution in [3.8, 4) is 0 Å². The van der Waals surface area contributed by atoms with Gasteiger partial charge in [0.05, 0.1) is 32.2 Å². The molecule has 0 saturated carbocycles. The number of nitrogens with zero attached hydrogens (tertiary/aromatic N) is 2. The molecule has 0 amide bonds. The van der Waals surface area contributed by atoms with Crippen LogP contribution in [0, 0.1) is 0 Å². The third-order valence-electron chi connectivity index (χ3n) is 3.87. The highest BCUT2D eigenvalue weighted by atomic mass is 32.1. The predicted octanol–water partition coefficient (Wildman–Crippen LogP) is 3.45. The summed E-state index contributed by atoms with van der Waals surface area (Å²) in [5.41, 5.74) is 3.32. The number of hydrogen-bond donors (Lipinski definition) is 1. The van der Waals surface area contributed by atoms with Gasteiger partial charge in [-0.15, -0.1) is 11.3 Å². The van der Waals surface area contributed by atoms with E-state index in [0.29, 0.717) is 22.3 Å². The zero-order chi connectivity index (χ0) is 17.4. The van der Waals surface area contributed by atoms with Gasteiger partial charge in [-0.1, -0.05) is 12.1 Å². The molecule has 1 N–H and O–H groups in total. The van der Waals surface area contributed by atoms with Gasteiger partial charge in [-0.05, 0) is 37.3 Å². The van der Waals surface area contributed by atoms with Crippen molar-refractivity contribution < 1.29 is 9.53 Å². The van der Waals surface area contributed by atoms with Crippen molar-refractivity contribution in [2.75, 3.05) is 0 Å². The largest absolute Gasteiger partial charge is 0.451 e. The first kappa shape index (κ1) is 15.5. The summed E-state index contributed by atoms with van der Waals surface area (Å²) in [6.07, 6.45) is -0.679. The van der Waals surface area contributed by atoms with E-state index in [4.69, 9.17) is 4.74 Å². The summed E-state index contributed by atoms with van der Waals surface area (Å²) in [5.74, 6) is -0.158. The van der Waals surface area contributed by atoms with E-state index in [0.717, 1.165) is 10.2 Å². The Morgan fingerprint density at radius 2 is 2.04 bits per heavy atom. The number of carbonyl (C=O) groups is 1. The van der Waals surface area contributed by atoms with E-state index in [1.54, 1.807) is 54.9 Å². The van der Waals surface area contributed by atoms with E-state index >= 15 is 0 Å². The van der Waals surface area contributed by atoms with Crippen LogP contribution in [0.15, 0.2) is 52.8 Å². The fraction of sp³-hybridized carbons (Fsp3) is 0.111. The SMILES string of the molecule is C[C@@H](OC(=O)c1ccc2ncsc2c1)c1nc2ccccc2c(=O)[nH]1. The number of carbonyl (C=O) groups excluding carboxylic acids is 1. The first-order valence-corrected chi connectivity index (χ1v) is 8.53. The second-order valence-corrected chi connectivity index (χ2v) is 6.44. The van der Waals surface area contributed by atoms with Crippen LogP contribution >= 0.6 is 11.3 Å². The molecule has 0 unspecified atom stereocenters. The Bertz CT molecular complexity index is 1150. The summed E-state index contributed by atoms with van der Waals surface area (Å²) >= 11 is 1.46. The zero-order valence-electron chi connectivity index (χ0n) is 13.2. The molecule has 1 atom stereocenters. The Labute approximate surface area is 146 Å². The highest BCUT2D eigenvalue weighted by Crippen LogP contribution is 2.21. The minimum Gasteiger partial charge on any atom is -0.451 e. The van der Waals surface area contributed by atoms with Gasteiger partial charge >= 0.3 is 5.97 Å². The van der Waals surface area contributed by atoms with Crippen LogP contribution in [0.25, 0.3) is 21.1 Å². The monoisotopic (exact) mass is 351 g/mol. The lowest BCUT2D eigenvalue weighted by molar-refractivity contribution is 0.0320. The molecule has 0 radical (unpaired) electrons.